The van der Waals surface area contributed by atoms with E-state index in [1.54, 1.807) is 12.4 Å². The zero-order valence-corrected chi connectivity index (χ0v) is 13.9. The van der Waals surface area contributed by atoms with Gasteiger partial charge in [0.25, 0.3) is 0 Å². The molecular weight excluding hydrogens is 358 g/mol. The lowest BCUT2D eigenvalue weighted by Gasteiger charge is -2.10. The van der Waals surface area contributed by atoms with Crippen LogP contribution in [0.1, 0.15) is 11.1 Å². The molecule has 0 unspecified atom stereocenters. The molecule has 2 aromatic carbocycles. The van der Waals surface area contributed by atoms with E-state index in [1.807, 2.05) is 34.9 Å². The Morgan fingerprint density at radius 3 is 2.41 bits per heavy atom. The number of pyridine rings is 1. The zero-order chi connectivity index (χ0) is 19.0. The van der Waals surface area contributed by atoms with Gasteiger partial charge in [0.2, 0.25) is 0 Å². The minimum absolute atomic E-state index is 0.241. The minimum atomic E-state index is -4.76. The van der Waals surface area contributed by atoms with Crippen molar-refractivity contribution in [2.24, 2.45) is 0 Å². The van der Waals surface area contributed by atoms with Crippen LogP contribution in [0, 0.1) is 5.82 Å². The van der Waals surface area contributed by atoms with Gasteiger partial charge < -0.3 is 4.57 Å². The van der Waals surface area contributed by atoms with E-state index < -0.39 is 17.6 Å². The summed E-state index contributed by atoms with van der Waals surface area (Å²) < 4.78 is 54.4. The van der Waals surface area contributed by atoms with Gasteiger partial charge in [-0.1, -0.05) is 36.4 Å². The second-order valence-electron chi connectivity index (χ2n) is 6.12. The molecule has 0 aliphatic rings. The Balaban J connectivity index is 1.77. The summed E-state index contributed by atoms with van der Waals surface area (Å²) >= 11 is 0. The molecule has 3 nitrogen and oxygen atoms in total. The van der Waals surface area contributed by atoms with E-state index >= 15 is 0 Å². The van der Waals surface area contributed by atoms with Gasteiger partial charge >= 0.3 is 6.18 Å². The third kappa shape index (κ3) is 3.40. The van der Waals surface area contributed by atoms with Crippen molar-refractivity contribution in [1.82, 2.24) is 14.5 Å². The lowest BCUT2D eigenvalue weighted by molar-refractivity contribution is -0.139. The van der Waals surface area contributed by atoms with Gasteiger partial charge in [-0.25, -0.2) is 14.4 Å². The van der Waals surface area contributed by atoms with Crippen LogP contribution in [0.25, 0.3) is 22.3 Å². The molecule has 0 bridgehead atoms. The van der Waals surface area contributed by atoms with Crippen molar-refractivity contribution in [2.45, 2.75) is 12.7 Å². The normalized spacial score (nSPS) is 11.9. The van der Waals surface area contributed by atoms with Crippen molar-refractivity contribution in [1.29, 1.82) is 0 Å². The Bertz CT molecular complexity index is 1100. The topological polar surface area (TPSA) is 30.7 Å². The van der Waals surface area contributed by atoms with E-state index in [0.717, 1.165) is 17.7 Å². The molecule has 7 heteroatoms. The minimum Gasteiger partial charge on any atom is -0.325 e. The van der Waals surface area contributed by atoms with Crippen LogP contribution in [-0.4, -0.2) is 14.5 Å². The summed E-state index contributed by atoms with van der Waals surface area (Å²) in [5.41, 5.74) is 1.65. The summed E-state index contributed by atoms with van der Waals surface area (Å²) in [6, 6.07) is 14.4. The Morgan fingerprint density at radius 1 is 0.889 bits per heavy atom. The fraction of sp³-hybridized carbons (Fsp3) is 0.100. The molecule has 4 rings (SSSR count). The van der Waals surface area contributed by atoms with Crippen molar-refractivity contribution in [3.63, 3.8) is 0 Å². The number of benzene rings is 2. The molecular formula is C20H13F4N3. The van der Waals surface area contributed by atoms with Crippen LogP contribution >= 0.6 is 0 Å². The molecule has 0 saturated heterocycles. The summed E-state index contributed by atoms with van der Waals surface area (Å²) in [5, 5.41) is 0. The molecule has 0 aliphatic heterocycles. The highest BCUT2D eigenvalue weighted by atomic mass is 19.4. The lowest BCUT2D eigenvalue weighted by atomic mass is 10.0. The molecule has 0 radical (unpaired) electrons. The third-order valence-corrected chi connectivity index (χ3v) is 4.28. The molecule has 0 saturated carbocycles. The van der Waals surface area contributed by atoms with Gasteiger partial charge in [0, 0.05) is 18.3 Å². The Labute approximate surface area is 151 Å². The first-order valence-electron chi connectivity index (χ1n) is 8.14. The molecule has 2 aromatic heterocycles. The maximum atomic E-state index is 13.5. The fourth-order valence-electron chi connectivity index (χ4n) is 2.93. The summed E-state index contributed by atoms with van der Waals surface area (Å²) in [7, 11) is 0. The van der Waals surface area contributed by atoms with Crippen molar-refractivity contribution in [3.8, 4) is 11.1 Å². The van der Waals surface area contributed by atoms with Gasteiger partial charge in [-0.2, -0.15) is 13.2 Å². The molecule has 0 fully saturated rings. The first kappa shape index (κ1) is 17.2. The van der Waals surface area contributed by atoms with Crippen LogP contribution in [-0.2, 0) is 12.7 Å². The molecule has 0 amide bonds. The van der Waals surface area contributed by atoms with Crippen LogP contribution in [0.3, 0.4) is 0 Å². The average Bonchev–Trinajstić information content (AvgIpc) is 3.04. The van der Waals surface area contributed by atoms with Crippen molar-refractivity contribution >= 4 is 11.2 Å². The third-order valence-electron chi connectivity index (χ3n) is 4.28. The SMILES string of the molecule is Fc1ccc(-c2cnc3ncn(Cc4ccccc4)c3c2)cc1C(F)(F)F. The highest BCUT2D eigenvalue weighted by Gasteiger charge is 2.34. The monoisotopic (exact) mass is 371 g/mol. The Hall–Kier alpha value is -3.22. The number of hydrogen-bond donors (Lipinski definition) is 0. The summed E-state index contributed by atoms with van der Waals surface area (Å²) in [6.45, 7) is 0.555. The van der Waals surface area contributed by atoms with Gasteiger partial charge in [0.1, 0.15) is 5.82 Å². The van der Waals surface area contributed by atoms with E-state index in [4.69, 9.17) is 0 Å². The number of halogens is 4. The van der Waals surface area contributed by atoms with E-state index in [0.29, 0.717) is 23.3 Å². The van der Waals surface area contributed by atoms with Gasteiger partial charge in [0.15, 0.2) is 5.65 Å². The average molecular weight is 371 g/mol. The van der Waals surface area contributed by atoms with Gasteiger partial charge in [-0.05, 0) is 29.3 Å². The number of fused-ring (bicyclic) bond motifs is 1. The first-order valence-corrected chi connectivity index (χ1v) is 8.14. The number of nitrogens with zero attached hydrogens (tertiary/aromatic N) is 3. The number of aromatic nitrogens is 3. The predicted octanol–water partition coefficient (Wildman–Crippen LogP) is 5.30. The molecule has 0 atom stereocenters. The molecule has 2 heterocycles. The van der Waals surface area contributed by atoms with Crippen LogP contribution in [0.4, 0.5) is 17.6 Å². The smallest absolute Gasteiger partial charge is 0.325 e. The molecule has 27 heavy (non-hydrogen) atoms. The van der Waals surface area contributed by atoms with E-state index in [-0.39, 0.29) is 5.56 Å². The van der Waals surface area contributed by atoms with Crippen molar-refractivity contribution in [3.05, 3.63) is 84.1 Å². The quantitative estimate of drug-likeness (QED) is 0.457. The number of imidazole rings is 1. The number of alkyl halides is 3. The molecule has 0 N–H and O–H groups in total. The summed E-state index contributed by atoms with van der Waals surface area (Å²) in [4.78, 5) is 8.46. The maximum Gasteiger partial charge on any atom is 0.419 e. The molecule has 136 valence electrons. The van der Waals surface area contributed by atoms with E-state index in [1.165, 1.54) is 12.3 Å². The first-order chi connectivity index (χ1) is 12.9. The Morgan fingerprint density at radius 2 is 1.67 bits per heavy atom. The summed E-state index contributed by atoms with van der Waals surface area (Å²) in [6.07, 6.45) is -1.68. The zero-order valence-electron chi connectivity index (χ0n) is 13.9. The number of hydrogen-bond acceptors (Lipinski definition) is 2. The molecule has 4 aromatic rings. The van der Waals surface area contributed by atoms with Crippen molar-refractivity contribution in [2.75, 3.05) is 0 Å². The predicted molar refractivity (Wildman–Crippen MR) is 93.5 cm³/mol. The summed E-state index contributed by atoms with van der Waals surface area (Å²) in [5.74, 6) is -1.30. The maximum absolute atomic E-state index is 13.5. The van der Waals surface area contributed by atoms with E-state index in [9.17, 15) is 17.6 Å². The van der Waals surface area contributed by atoms with Gasteiger partial charge in [-0.15, -0.1) is 0 Å². The second kappa shape index (κ2) is 6.50. The highest BCUT2D eigenvalue weighted by Crippen LogP contribution is 2.34. The van der Waals surface area contributed by atoms with Gasteiger partial charge in [0.05, 0.1) is 17.4 Å². The highest BCUT2D eigenvalue weighted by molar-refractivity contribution is 5.78. The van der Waals surface area contributed by atoms with Crippen LogP contribution in [0.5, 0.6) is 0 Å². The van der Waals surface area contributed by atoms with Crippen LogP contribution in [0.2, 0.25) is 0 Å². The number of rotatable bonds is 3. The van der Waals surface area contributed by atoms with Gasteiger partial charge in [-0.3, -0.25) is 0 Å². The molecule has 0 aliphatic carbocycles. The lowest BCUT2D eigenvalue weighted by Crippen LogP contribution is -2.08. The second-order valence-corrected chi connectivity index (χ2v) is 6.12. The van der Waals surface area contributed by atoms with Crippen molar-refractivity contribution < 1.29 is 17.6 Å². The fourth-order valence-corrected chi connectivity index (χ4v) is 2.93. The van der Waals surface area contributed by atoms with Crippen LogP contribution < -0.4 is 0 Å². The Kier molecular flexibility index (Phi) is 4.14. The molecule has 0 spiro atoms. The van der Waals surface area contributed by atoms with E-state index in [2.05, 4.69) is 9.97 Å². The standard InChI is InChI=1S/C20H13F4N3/c21-17-7-6-14(8-16(17)20(22,23)24)15-9-18-19(25-10-15)26-12-27(18)11-13-4-2-1-3-5-13/h1-10,12H,11H2. The largest absolute Gasteiger partial charge is 0.419 e. The van der Waals surface area contributed by atoms with Crippen LogP contribution in [0.15, 0.2) is 67.1 Å².